The molecule has 8 heteroatoms. The Morgan fingerprint density at radius 1 is 1.02 bits per heavy atom. The fourth-order valence-electron chi connectivity index (χ4n) is 7.02. The maximum Gasteiger partial charge on any atom is 0.282 e. The first-order chi connectivity index (χ1) is 22.7. The molecular weight excluding hydrogens is 607 g/mol. The summed E-state index contributed by atoms with van der Waals surface area (Å²) >= 11 is 0. The lowest BCUT2D eigenvalue weighted by molar-refractivity contribution is -0.127. The summed E-state index contributed by atoms with van der Waals surface area (Å²) in [6.45, 7) is 9.25. The second kappa shape index (κ2) is 16.4. The van der Waals surface area contributed by atoms with Crippen LogP contribution < -0.4 is 0 Å². The van der Waals surface area contributed by atoms with E-state index in [2.05, 4.69) is 22.1 Å². The Bertz CT molecular complexity index is 1440. The fraction of sp³-hybridized carbons (Fsp3) is 0.625. The van der Waals surface area contributed by atoms with Gasteiger partial charge in [-0.05, 0) is 81.8 Å². The minimum atomic E-state index is -1.89. The van der Waals surface area contributed by atoms with Gasteiger partial charge in [0.1, 0.15) is 11.6 Å². The quantitative estimate of drug-likeness (QED) is 0.0948. The van der Waals surface area contributed by atoms with Crippen molar-refractivity contribution in [2.75, 3.05) is 0 Å². The molecule has 0 spiro atoms. The minimum Gasteiger partial charge on any atom is -0.393 e. The van der Waals surface area contributed by atoms with Crippen molar-refractivity contribution in [3.05, 3.63) is 59.4 Å². The van der Waals surface area contributed by atoms with Crippen molar-refractivity contribution >= 4 is 29.5 Å². The van der Waals surface area contributed by atoms with Crippen LogP contribution in [0.5, 0.6) is 0 Å². The number of benzene rings is 1. The molecule has 1 amide bonds. The monoisotopic (exact) mass is 662 g/mol. The lowest BCUT2D eigenvalue weighted by Gasteiger charge is -2.30. The number of amides is 1. The average Bonchev–Trinajstić information content (AvgIpc) is 3.42. The van der Waals surface area contributed by atoms with E-state index in [1.54, 1.807) is 13.1 Å². The van der Waals surface area contributed by atoms with Gasteiger partial charge in [0.25, 0.3) is 5.91 Å². The average molecular weight is 663 g/mol. The Kier molecular flexibility index (Phi) is 12.9. The number of rotatable bonds is 18. The van der Waals surface area contributed by atoms with Crippen LogP contribution in [-0.2, 0) is 20.8 Å². The molecule has 48 heavy (non-hydrogen) atoms. The number of hydrogen-bond donors (Lipinski definition) is 2. The molecule has 0 saturated heterocycles. The van der Waals surface area contributed by atoms with E-state index < -0.39 is 34.9 Å². The van der Waals surface area contributed by atoms with Crippen LogP contribution in [-0.4, -0.2) is 51.3 Å². The van der Waals surface area contributed by atoms with Gasteiger partial charge in [-0.1, -0.05) is 77.3 Å². The van der Waals surface area contributed by atoms with E-state index in [0.717, 1.165) is 57.1 Å². The van der Waals surface area contributed by atoms with Crippen molar-refractivity contribution in [2.24, 2.45) is 34.1 Å². The summed E-state index contributed by atoms with van der Waals surface area (Å²) in [5.74, 6) is -2.41. The highest BCUT2D eigenvalue weighted by molar-refractivity contribution is 6.02. The molecule has 2 saturated carbocycles. The van der Waals surface area contributed by atoms with E-state index in [1.165, 1.54) is 11.8 Å². The van der Waals surface area contributed by atoms with Gasteiger partial charge in [0.2, 0.25) is 0 Å². The van der Waals surface area contributed by atoms with Gasteiger partial charge in [0, 0.05) is 47.3 Å². The molecule has 0 radical (unpaired) electrons. The van der Waals surface area contributed by atoms with Crippen LogP contribution in [0.3, 0.4) is 0 Å². The van der Waals surface area contributed by atoms with Crippen LogP contribution in [0.2, 0.25) is 0 Å². The first kappa shape index (κ1) is 37.6. The molecule has 2 aliphatic carbocycles. The number of aliphatic hydroxyl groups excluding tert-OH is 1. The van der Waals surface area contributed by atoms with Crippen LogP contribution >= 0.6 is 0 Å². The highest BCUT2D eigenvalue weighted by Gasteiger charge is 2.51. The summed E-state index contributed by atoms with van der Waals surface area (Å²) in [5.41, 5.74) is 0.150. The highest BCUT2D eigenvalue weighted by Crippen LogP contribution is 2.44. The molecule has 1 heterocycles. The summed E-state index contributed by atoms with van der Waals surface area (Å²) in [4.78, 5) is 59.1. The number of aliphatic imine (C=N–C) groups is 1. The lowest BCUT2D eigenvalue weighted by atomic mass is 9.73. The van der Waals surface area contributed by atoms with Gasteiger partial charge in [-0.2, -0.15) is 0 Å². The van der Waals surface area contributed by atoms with Gasteiger partial charge < -0.3 is 10.1 Å². The van der Waals surface area contributed by atoms with E-state index in [4.69, 9.17) is 0 Å². The molecule has 2 aliphatic rings. The molecule has 1 aromatic carbocycles. The topological polar surface area (TPSA) is 117 Å². The third-order valence-electron chi connectivity index (χ3n) is 10.6. The molecule has 2 unspecified atom stereocenters. The summed E-state index contributed by atoms with van der Waals surface area (Å²) in [6.07, 6.45) is 10.4. The second-order valence-electron chi connectivity index (χ2n) is 15.6. The maximum absolute atomic E-state index is 14.3. The number of hydrogen-bond acceptors (Lipinski definition) is 5. The van der Waals surface area contributed by atoms with Crippen LogP contribution in [0, 0.1) is 29.1 Å². The molecule has 0 aliphatic heterocycles. The number of carbonyl (C=O) groups is 4. The predicted molar refractivity (Wildman–Crippen MR) is 187 cm³/mol. The number of aromatic amines is 1. The van der Waals surface area contributed by atoms with Crippen molar-refractivity contribution in [3.8, 4) is 0 Å². The summed E-state index contributed by atoms with van der Waals surface area (Å²) in [5, 5.41) is 10.7. The van der Waals surface area contributed by atoms with Crippen LogP contribution in [0.15, 0.2) is 47.6 Å². The zero-order chi connectivity index (χ0) is 35.1. The summed E-state index contributed by atoms with van der Waals surface area (Å²) in [7, 11) is 0. The molecular formula is C40H55FN2O5. The third-order valence-corrected chi connectivity index (χ3v) is 10.6. The fourth-order valence-corrected chi connectivity index (χ4v) is 7.02. The zero-order valence-corrected chi connectivity index (χ0v) is 29.5. The highest BCUT2D eigenvalue weighted by atomic mass is 19.1. The number of H-pyrrole nitrogens is 1. The third kappa shape index (κ3) is 10.1. The van der Waals surface area contributed by atoms with E-state index in [-0.39, 0.29) is 54.4 Å². The summed E-state index contributed by atoms with van der Waals surface area (Å²) in [6, 6.07) is 12.2. The number of carbonyl (C=O) groups excluding carboxylic acids is 4. The summed E-state index contributed by atoms with van der Waals surface area (Å²) < 4.78 is 14.3. The predicted octanol–water partition coefficient (Wildman–Crippen LogP) is 8.20. The number of aromatic nitrogens is 1. The molecule has 4 rings (SSSR count). The molecule has 7 nitrogen and oxygen atoms in total. The number of Topliss-reactive ketones (excluding diaryl/α,β-unsaturated/α-hetero) is 3. The molecule has 1 aromatic heterocycles. The molecule has 2 fully saturated rings. The van der Waals surface area contributed by atoms with E-state index in [0.29, 0.717) is 12.0 Å². The number of ketones is 3. The molecule has 262 valence electrons. The number of aryl methyl sites for hydroxylation is 1. The first-order valence-corrected chi connectivity index (χ1v) is 18.0. The van der Waals surface area contributed by atoms with Gasteiger partial charge in [0.05, 0.1) is 12.0 Å². The molecule has 0 bridgehead atoms. The number of unbranched alkanes of at least 4 members (excludes halogenated alkanes) is 2. The molecule has 2 aromatic rings. The van der Waals surface area contributed by atoms with Crippen LogP contribution in [0.25, 0.3) is 0 Å². The lowest BCUT2D eigenvalue weighted by Crippen LogP contribution is -2.36. The van der Waals surface area contributed by atoms with Crippen molar-refractivity contribution in [2.45, 2.75) is 129 Å². The number of alkyl halides is 1. The smallest absolute Gasteiger partial charge is 0.282 e. The SMILES string of the molecule is CC(=O)C(C)CCCC[C@@H](CCCCc1ccccc1)C(=O)c1c[nH]c([C@@H]2C[C@@H](O)CC2C(=O)[C@@H](C=NC(=O)C2(F)CC2)C(C)(C)C)c1. The number of aliphatic hydroxyl groups is 1. The normalized spacial score (nSPS) is 22.4. The Morgan fingerprint density at radius 2 is 1.67 bits per heavy atom. The number of halogens is 1. The van der Waals surface area contributed by atoms with Gasteiger partial charge in [-0.3, -0.25) is 19.2 Å². The molecule has 6 atom stereocenters. The van der Waals surface area contributed by atoms with Gasteiger partial charge in [0.15, 0.2) is 11.5 Å². The number of nitrogens with one attached hydrogen (secondary N) is 1. The Morgan fingerprint density at radius 3 is 2.29 bits per heavy atom. The van der Waals surface area contributed by atoms with Gasteiger partial charge in [-0.15, -0.1) is 0 Å². The Balaban J connectivity index is 1.46. The van der Waals surface area contributed by atoms with Gasteiger partial charge in [-0.25, -0.2) is 9.38 Å². The van der Waals surface area contributed by atoms with Crippen molar-refractivity contribution in [1.82, 2.24) is 4.98 Å². The first-order valence-electron chi connectivity index (χ1n) is 18.0. The Hall–Kier alpha value is -3.26. The minimum absolute atomic E-state index is 0.0258. The largest absolute Gasteiger partial charge is 0.393 e. The van der Waals surface area contributed by atoms with E-state index in [1.807, 2.05) is 52.0 Å². The molecule has 2 N–H and O–H groups in total. The van der Waals surface area contributed by atoms with Crippen LogP contribution in [0.4, 0.5) is 4.39 Å². The van der Waals surface area contributed by atoms with E-state index >= 15 is 0 Å². The second-order valence-corrected chi connectivity index (χ2v) is 15.6. The van der Waals surface area contributed by atoms with Crippen molar-refractivity contribution in [1.29, 1.82) is 0 Å². The standard InChI is InChI=1S/C40H55FN2O5/c1-26(27(2)44)13-9-11-17-29(18-12-10-16-28-14-7-6-8-15-28)36(46)30-21-35(42-24-30)32-22-31(45)23-33(32)37(47)34(39(3,4)5)25-43-38(48)40(41)19-20-40/h6-8,14-15,21,24-26,29,31-34,42,45H,9-13,16-20,22-23H2,1-5H3/t26?,29-,31+,32+,33?,34+/m0/s1. The van der Waals surface area contributed by atoms with Gasteiger partial charge >= 0.3 is 0 Å². The number of nitrogens with zero attached hydrogens (tertiary/aromatic N) is 1. The van der Waals surface area contributed by atoms with E-state index in [9.17, 15) is 28.7 Å². The van der Waals surface area contributed by atoms with Crippen molar-refractivity contribution < 1.29 is 28.7 Å². The van der Waals surface area contributed by atoms with Crippen LogP contribution in [0.1, 0.15) is 133 Å². The zero-order valence-electron chi connectivity index (χ0n) is 29.5. The maximum atomic E-state index is 14.3. The Labute approximate surface area is 285 Å². The van der Waals surface area contributed by atoms with Crippen molar-refractivity contribution in [3.63, 3.8) is 0 Å².